The number of rotatable bonds is 3. The molecule has 1 spiro atoms. The quantitative estimate of drug-likeness (QED) is 0.849. The van der Waals surface area contributed by atoms with Crippen LogP contribution in [0, 0.1) is 5.41 Å². The van der Waals surface area contributed by atoms with Crippen molar-refractivity contribution in [1.82, 2.24) is 13.9 Å². The Kier molecular flexibility index (Phi) is 3.38. The predicted molar refractivity (Wildman–Crippen MR) is 94.8 cm³/mol. The van der Waals surface area contributed by atoms with Crippen LogP contribution in [-0.2, 0) is 23.0 Å². The van der Waals surface area contributed by atoms with Crippen LogP contribution < -0.4 is 0 Å². The summed E-state index contributed by atoms with van der Waals surface area (Å²) in [4.78, 5) is 4.34. The molecule has 1 aromatic carbocycles. The van der Waals surface area contributed by atoms with Crippen LogP contribution in [0.3, 0.4) is 0 Å². The second kappa shape index (κ2) is 5.42. The molecule has 1 saturated carbocycles. The third kappa shape index (κ3) is 2.23. The van der Waals surface area contributed by atoms with Crippen molar-refractivity contribution in [1.29, 1.82) is 0 Å². The van der Waals surface area contributed by atoms with Gasteiger partial charge in [0.2, 0.25) is 0 Å². The molecule has 0 bridgehead atoms. The highest BCUT2D eigenvalue weighted by atomic mass is 32.2. The first-order chi connectivity index (χ1) is 12.1. The molecule has 3 aliphatic rings. The molecule has 0 radical (unpaired) electrons. The van der Waals surface area contributed by atoms with E-state index in [1.165, 1.54) is 12.0 Å². The van der Waals surface area contributed by atoms with Gasteiger partial charge in [0, 0.05) is 32.0 Å². The highest BCUT2D eigenvalue weighted by Crippen LogP contribution is 2.56. The van der Waals surface area contributed by atoms with Crippen LogP contribution in [0.4, 0.5) is 0 Å². The standard InChI is InChI=1S/C19H23N3O2S/c23-25(24,18-12-20-17-8-4-11-22(17)18)21-13-16(15-6-2-1-3-7-15)19(14-21)9-5-10-19/h1-3,6-7,12,16H,4-5,8-11,13-14H2. The monoisotopic (exact) mass is 357 g/mol. The number of benzene rings is 1. The van der Waals surface area contributed by atoms with Crippen molar-refractivity contribution in [3.05, 3.63) is 47.9 Å². The molecule has 1 aliphatic carbocycles. The molecule has 6 heteroatoms. The summed E-state index contributed by atoms with van der Waals surface area (Å²) >= 11 is 0. The summed E-state index contributed by atoms with van der Waals surface area (Å²) in [5.74, 6) is 1.22. The van der Waals surface area contributed by atoms with Gasteiger partial charge in [-0.3, -0.25) is 0 Å². The normalized spacial score (nSPS) is 25.2. The van der Waals surface area contributed by atoms with Gasteiger partial charge in [0.15, 0.2) is 5.03 Å². The smallest absolute Gasteiger partial charge is 0.260 e. The summed E-state index contributed by atoms with van der Waals surface area (Å²) in [7, 11) is -3.47. The fraction of sp³-hybridized carbons (Fsp3) is 0.526. The molecule has 3 heterocycles. The zero-order chi connectivity index (χ0) is 17.1. The molecule has 132 valence electrons. The van der Waals surface area contributed by atoms with E-state index in [9.17, 15) is 8.42 Å². The Morgan fingerprint density at radius 1 is 1.12 bits per heavy atom. The number of hydrogen-bond donors (Lipinski definition) is 0. The molecule has 1 unspecified atom stereocenters. The lowest BCUT2D eigenvalue weighted by Gasteiger charge is -2.43. The van der Waals surface area contributed by atoms with Crippen molar-refractivity contribution >= 4 is 10.0 Å². The van der Waals surface area contributed by atoms with Crippen molar-refractivity contribution in [3.63, 3.8) is 0 Å². The second-order valence-electron chi connectivity index (χ2n) is 7.74. The fourth-order valence-corrected chi connectivity index (χ4v) is 6.65. The molecule has 1 saturated heterocycles. The SMILES string of the molecule is O=S(=O)(c1cnc2n1CCC2)N1CC(c2ccccc2)C2(CCC2)C1. The van der Waals surface area contributed by atoms with Crippen LogP contribution >= 0.6 is 0 Å². The molecule has 2 aromatic rings. The minimum absolute atomic E-state index is 0.127. The van der Waals surface area contributed by atoms with Crippen LogP contribution in [0.25, 0.3) is 0 Å². The zero-order valence-electron chi connectivity index (χ0n) is 14.3. The maximum atomic E-state index is 13.3. The van der Waals surface area contributed by atoms with Crippen LogP contribution in [0.15, 0.2) is 41.6 Å². The van der Waals surface area contributed by atoms with Crippen molar-refractivity contribution in [2.75, 3.05) is 13.1 Å². The average Bonchev–Trinajstić information content (AvgIpc) is 3.28. The maximum Gasteiger partial charge on any atom is 0.260 e. The average molecular weight is 357 g/mol. The minimum atomic E-state index is -3.47. The molecule has 1 atom stereocenters. The largest absolute Gasteiger partial charge is 0.318 e. The lowest BCUT2D eigenvalue weighted by atomic mass is 9.61. The maximum absolute atomic E-state index is 13.3. The lowest BCUT2D eigenvalue weighted by molar-refractivity contribution is 0.131. The topological polar surface area (TPSA) is 55.2 Å². The van der Waals surface area contributed by atoms with E-state index in [-0.39, 0.29) is 5.41 Å². The number of aromatic nitrogens is 2. The first-order valence-corrected chi connectivity index (χ1v) is 10.6. The highest BCUT2D eigenvalue weighted by Gasteiger charge is 2.54. The van der Waals surface area contributed by atoms with Crippen molar-refractivity contribution in [2.45, 2.75) is 49.6 Å². The first kappa shape index (κ1) is 15.6. The molecule has 2 fully saturated rings. The summed E-state index contributed by atoms with van der Waals surface area (Å²) in [5.41, 5.74) is 1.40. The fourth-order valence-electron chi connectivity index (χ4n) is 4.96. The summed E-state index contributed by atoms with van der Waals surface area (Å²) < 4.78 is 30.3. The van der Waals surface area contributed by atoms with Crippen molar-refractivity contribution in [3.8, 4) is 0 Å². The van der Waals surface area contributed by atoms with Crippen LogP contribution in [0.5, 0.6) is 0 Å². The Hall–Kier alpha value is -1.66. The zero-order valence-corrected chi connectivity index (χ0v) is 15.1. The van der Waals surface area contributed by atoms with Gasteiger partial charge in [-0.25, -0.2) is 13.4 Å². The Bertz CT molecular complexity index is 900. The second-order valence-corrected chi connectivity index (χ2v) is 9.63. The summed E-state index contributed by atoms with van der Waals surface area (Å²) in [5, 5.41) is 0.392. The number of fused-ring (bicyclic) bond motifs is 1. The van der Waals surface area contributed by atoms with E-state index in [1.807, 2.05) is 10.6 Å². The van der Waals surface area contributed by atoms with Gasteiger partial charge < -0.3 is 4.57 Å². The summed E-state index contributed by atoms with van der Waals surface area (Å²) in [6.07, 6.45) is 6.90. The van der Waals surface area contributed by atoms with Gasteiger partial charge in [-0.2, -0.15) is 4.31 Å². The molecule has 25 heavy (non-hydrogen) atoms. The van der Waals surface area contributed by atoms with Crippen LogP contribution in [0.2, 0.25) is 0 Å². The van der Waals surface area contributed by atoms with Crippen molar-refractivity contribution < 1.29 is 8.42 Å². The molecule has 5 rings (SSSR count). The van der Waals surface area contributed by atoms with E-state index in [0.717, 1.165) is 38.1 Å². The Balaban J connectivity index is 1.51. The third-order valence-corrected chi connectivity index (χ3v) is 8.27. The molecule has 2 aliphatic heterocycles. The van der Waals surface area contributed by atoms with E-state index < -0.39 is 10.0 Å². The van der Waals surface area contributed by atoms with E-state index >= 15 is 0 Å². The Labute approximate surface area is 148 Å². The van der Waals surface area contributed by atoms with Gasteiger partial charge in [-0.15, -0.1) is 0 Å². The van der Waals surface area contributed by atoms with Crippen molar-refractivity contribution in [2.24, 2.45) is 5.41 Å². The molecule has 5 nitrogen and oxygen atoms in total. The Morgan fingerprint density at radius 3 is 2.64 bits per heavy atom. The van der Waals surface area contributed by atoms with Crippen LogP contribution in [0.1, 0.15) is 43.0 Å². The predicted octanol–water partition coefficient (Wildman–Crippen LogP) is 2.79. The van der Waals surface area contributed by atoms with E-state index in [2.05, 4.69) is 29.2 Å². The van der Waals surface area contributed by atoms with Crippen LogP contribution in [-0.4, -0.2) is 35.4 Å². The Morgan fingerprint density at radius 2 is 1.92 bits per heavy atom. The number of nitrogens with zero attached hydrogens (tertiary/aromatic N) is 3. The number of sulfonamides is 1. The van der Waals surface area contributed by atoms with E-state index in [1.54, 1.807) is 10.5 Å². The summed E-state index contributed by atoms with van der Waals surface area (Å²) in [6.45, 7) is 2.01. The van der Waals surface area contributed by atoms with Gasteiger partial charge >= 0.3 is 0 Å². The van der Waals surface area contributed by atoms with Gasteiger partial charge in [0.1, 0.15) is 5.82 Å². The molecule has 1 aromatic heterocycles. The number of imidazole rings is 1. The molecular formula is C19H23N3O2S. The van der Waals surface area contributed by atoms with E-state index in [0.29, 0.717) is 24.0 Å². The molecule has 0 amide bonds. The van der Waals surface area contributed by atoms with Gasteiger partial charge in [-0.05, 0) is 30.2 Å². The lowest BCUT2D eigenvalue weighted by Crippen LogP contribution is -2.38. The van der Waals surface area contributed by atoms with Gasteiger partial charge in [0.25, 0.3) is 10.0 Å². The van der Waals surface area contributed by atoms with Gasteiger partial charge in [-0.1, -0.05) is 36.8 Å². The van der Waals surface area contributed by atoms with Gasteiger partial charge in [0.05, 0.1) is 6.20 Å². The summed E-state index contributed by atoms with van der Waals surface area (Å²) in [6, 6.07) is 10.4. The number of aryl methyl sites for hydroxylation is 1. The number of hydrogen-bond acceptors (Lipinski definition) is 3. The first-order valence-electron chi connectivity index (χ1n) is 9.20. The third-order valence-electron chi connectivity index (χ3n) is 6.46. The van der Waals surface area contributed by atoms with E-state index in [4.69, 9.17) is 0 Å². The minimum Gasteiger partial charge on any atom is -0.318 e. The highest BCUT2D eigenvalue weighted by molar-refractivity contribution is 7.89. The molecular weight excluding hydrogens is 334 g/mol. The molecule has 0 N–H and O–H groups in total.